The van der Waals surface area contributed by atoms with Crippen LogP contribution in [-0.2, 0) is 22.5 Å². The molecule has 3 nitrogen and oxygen atoms in total. The summed E-state index contributed by atoms with van der Waals surface area (Å²) < 4.78 is 10.9. The zero-order valence-corrected chi connectivity index (χ0v) is 10.7. The standard InChI is InChI=1S/C15H21NO2/c1-2-4-13(9-18-15-10-17-11-15)12(3-1)7-8-16-14-5-6-14/h1-4,14-16H,5-11H2. The molecule has 0 bridgehead atoms. The molecule has 3 heteroatoms. The van der Waals surface area contributed by atoms with Crippen LogP contribution in [0.4, 0.5) is 0 Å². The predicted molar refractivity (Wildman–Crippen MR) is 70.6 cm³/mol. The fourth-order valence-electron chi connectivity index (χ4n) is 2.16. The highest BCUT2D eigenvalue weighted by atomic mass is 16.6. The molecular weight excluding hydrogens is 226 g/mol. The Bertz CT molecular complexity index is 386. The molecule has 1 heterocycles. The molecule has 1 aliphatic heterocycles. The first kappa shape index (κ1) is 12.2. The van der Waals surface area contributed by atoms with Crippen molar-refractivity contribution in [1.82, 2.24) is 5.32 Å². The highest BCUT2D eigenvalue weighted by Gasteiger charge is 2.20. The lowest BCUT2D eigenvalue weighted by Crippen LogP contribution is -2.35. The van der Waals surface area contributed by atoms with Crippen molar-refractivity contribution in [3.8, 4) is 0 Å². The van der Waals surface area contributed by atoms with Crippen LogP contribution in [0.2, 0.25) is 0 Å². The van der Waals surface area contributed by atoms with Crippen LogP contribution in [-0.4, -0.2) is 31.9 Å². The first-order valence-electron chi connectivity index (χ1n) is 6.91. The predicted octanol–water partition coefficient (Wildman–Crippen LogP) is 1.90. The molecule has 2 aliphatic rings. The summed E-state index contributed by atoms with van der Waals surface area (Å²) in [6.45, 7) is 3.30. The first-order valence-corrected chi connectivity index (χ1v) is 6.91. The van der Waals surface area contributed by atoms with Crippen LogP contribution in [0.25, 0.3) is 0 Å². The normalized spacial score (nSPS) is 19.8. The summed E-state index contributed by atoms with van der Waals surface area (Å²) in [4.78, 5) is 0. The maximum atomic E-state index is 5.80. The number of ether oxygens (including phenoxy) is 2. The summed E-state index contributed by atoms with van der Waals surface area (Å²) in [5.74, 6) is 0. The van der Waals surface area contributed by atoms with Gasteiger partial charge >= 0.3 is 0 Å². The Morgan fingerprint density at radius 3 is 2.61 bits per heavy atom. The summed E-state index contributed by atoms with van der Waals surface area (Å²) in [6.07, 6.45) is 4.11. The van der Waals surface area contributed by atoms with Gasteiger partial charge < -0.3 is 14.8 Å². The molecule has 1 N–H and O–H groups in total. The minimum Gasteiger partial charge on any atom is -0.376 e. The zero-order valence-electron chi connectivity index (χ0n) is 10.7. The van der Waals surface area contributed by atoms with Gasteiger partial charge in [0.15, 0.2) is 0 Å². The van der Waals surface area contributed by atoms with Crippen molar-refractivity contribution in [3.63, 3.8) is 0 Å². The third-order valence-electron chi connectivity index (χ3n) is 3.61. The van der Waals surface area contributed by atoms with E-state index in [0.717, 1.165) is 32.2 Å². The Kier molecular flexibility index (Phi) is 3.93. The minimum atomic E-state index is 0.308. The van der Waals surface area contributed by atoms with E-state index < -0.39 is 0 Å². The van der Waals surface area contributed by atoms with E-state index in [0.29, 0.717) is 12.7 Å². The Labute approximate surface area is 108 Å². The van der Waals surface area contributed by atoms with Gasteiger partial charge in [-0.15, -0.1) is 0 Å². The molecule has 3 rings (SSSR count). The van der Waals surface area contributed by atoms with Gasteiger partial charge in [0.05, 0.1) is 19.8 Å². The van der Waals surface area contributed by atoms with Gasteiger partial charge in [0, 0.05) is 6.04 Å². The second-order valence-corrected chi connectivity index (χ2v) is 5.22. The second-order valence-electron chi connectivity index (χ2n) is 5.22. The van der Waals surface area contributed by atoms with Crippen molar-refractivity contribution in [2.75, 3.05) is 19.8 Å². The maximum Gasteiger partial charge on any atom is 0.105 e. The quantitative estimate of drug-likeness (QED) is 0.798. The van der Waals surface area contributed by atoms with E-state index in [1.54, 1.807) is 0 Å². The van der Waals surface area contributed by atoms with E-state index >= 15 is 0 Å². The molecule has 98 valence electrons. The largest absolute Gasteiger partial charge is 0.376 e. The van der Waals surface area contributed by atoms with E-state index in [1.165, 1.54) is 24.0 Å². The lowest BCUT2D eigenvalue weighted by molar-refractivity contribution is -0.135. The highest BCUT2D eigenvalue weighted by Crippen LogP contribution is 2.19. The lowest BCUT2D eigenvalue weighted by atomic mass is 10.1. The van der Waals surface area contributed by atoms with Crippen LogP contribution in [0, 0.1) is 0 Å². The number of nitrogens with one attached hydrogen (secondary N) is 1. The van der Waals surface area contributed by atoms with Crippen LogP contribution >= 0.6 is 0 Å². The number of hydrogen-bond acceptors (Lipinski definition) is 3. The molecule has 0 amide bonds. The van der Waals surface area contributed by atoms with Gasteiger partial charge in [0.2, 0.25) is 0 Å². The van der Waals surface area contributed by atoms with Crippen LogP contribution in [0.3, 0.4) is 0 Å². The lowest BCUT2D eigenvalue weighted by Gasteiger charge is -2.26. The molecule has 1 saturated heterocycles. The van der Waals surface area contributed by atoms with Gasteiger partial charge in [-0.3, -0.25) is 0 Å². The topological polar surface area (TPSA) is 30.5 Å². The van der Waals surface area contributed by atoms with Gasteiger partial charge in [0.25, 0.3) is 0 Å². The number of hydrogen-bond donors (Lipinski definition) is 1. The summed E-state index contributed by atoms with van der Waals surface area (Å²) in [5, 5.41) is 3.56. The highest BCUT2D eigenvalue weighted by molar-refractivity contribution is 5.26. The van der Waals surface area contributed by atoms with Crippen molar-refractivity contribution in [2.24, 2.45) is 0 Å². The van der Waals surface area contributed by atoms with Crippen LogP contribution in [0.1, 0.15) is 24.0 Å². The molecule has 0 unspecified atom stereocenters. The van der Waals surface area contributed by atoms with Crippen molar-refractivity contribution in [1.29, 1.82) is 0 Å². The maximum absolute atomic E-state index is 5.80. The Morgan fingerprint density at radius 2 is 1.94 bits per heavy atom. The van der Waals surface area contributed by atoms with Gasteiger partial charge in [-0.1, -0.05) is 24.3 Å². The molecule has 1 saturated carbocycles. The van der Waals surface area contributed by atoms with E-state index in [9.17, 15) is 0 Å². The average Bonchev–Trinajstić information content (AvgIpc) is 3.13. The SMILES string of the molecule is c1ccc(COC2COC2)c(CCNC2CC2)c1. The molecule has 0 spiro atoms. The molecule has 1 aliphatic carbocycles. The van der Waals surface area contributed by atoms with Crippen molar-refractivity contribution >= 4 is 0 Å². The van der Waals surface area contributed by atoms with Gasteiger partial charge in [-0.25, -0.2) is 0 Å². The molecule has 1 aromatic rings. The van der Waals surface area contributed by atoms with Gasteiger partial charge in [-0.2, -0.15) is 0 Å². The molecule has 1 aromatic carbocycles. The second kappa shape index (κ2) is 5.83. The smallest absolute Gasteiger partial charge is 0.105 e. The van der Waals surface area contributed by atoms with Crippen LogP contribution in [0.5, 0.6) is 0 Å². The minimum absolute atomic E-state index is 0.308. The van der Waals surface area contributed by atoms with Gasteiger partial charge in [-0.05, 0) is 36.9 Å². The molecular formula is C15H21NO2. The monoisotopic (exact) mass is 247 g/mol. The number of benzene rings is 1. The van der Waals surface area contributed by atoms with Crippen molar-refractivity contribution in [2.45, 2.75) is 38.0 Å². The summed E-state index contributed by atoms with van der Waals surface area (Å²) in [6, 6.07) is 9.38. The third-order valence-corrected chi connectivity index (χ3v) is 3.61. The van der Waals surface area contributed by atoms with E-state index in [-0.39, 0.29) is 0 Å². The molecule has 18 heavy (non-hydrogen) atoms. The molecule has 0 radical (unpaired) electrons. The van der Waals surface area contributed by atoms with E-state index in [2.05, 4.69) is 29.6 Å². The van der Waals surface area contributed by atoms with Gasteiger partial charge in [0.1, 0.15) is 6.10 Å². The Balaban J connectivity index is 1.50. The fourth-order valence-corrected chi connectivity index (χ4v) is 2.16. The third kappa shape index (κ3) is 3.31. The molecule has 0 aromatic heterocycles. The van der Waals surface area contributed by atoms with Crippen molar-refractivity contribution in [3.05, 3.63) is 35.4 Å². The Hall–Kier alpha value is -0.900. The summed E-state index contributed by atoms with van der Waals surface area (Å²) >= 11 is 0. The molecule has 2 fully saturated rings. The van der Waals surface area contributed by atoms with Crippen LogP contribution in [0.15, 0.2) is 24.3 Å². The Morgan fingerprint density at radius 1 is 1.17 bits per heavy atom. The number of rotatable bonds is 7. The summed E-state index contributed by atoms with van der Waals surface area (Å²) in [5.41, 5.74) is 2.73. The first-order chi connectivity index (χ1) is 8.92. The van der Waals surface area contributed by atoms with E-state index in [1.807, 2.05) is 0 Å². The zero-order chi connectivity index (χ0) is 12.2. The van der Waals surface area contributed by atoms with E-state index in [4.69, 9.17) is 9.47 Å². The summed E-state index contributed by atoms with van der Waals surface area (Å²) in [7, 11) is 0. The van der Waals surface area contributed by atoms with Crippen LogP contribution < -0.4 is 5.32 Å². The average molecular weight is 247 g/mol. The van der Waals surface area contributed by atoms with Crippen molar-refractivity contribution < 1.29 is 9.47 Å². The fraction of sp³-hybridized carbons (Fsp3) is 0.600. The molecule has 0 atom stereocenters.